The SMILES string of the molecule is O=C(CC(O)c1ccccc1O)c1ncccn1. The van der Waals surface area contributed by atoms with Crippen LogP contribution in [0.25, 0.3) is 0 Å². The van der Waals surface area contributed by atoms with Crippen molar-refractivity contribution in [3.05, 3.63) is 54.1 Å². The summed E-state index contributed by atoms with van der Waals surface area (Å²) in [6, 6.07) is 7.97. The summed E-state index contributed by atoms with van der Waals surface area (Å²) in [6.07, 6.45) is 1.70. The van der Waals surface area contributed by atoms with E-state index in [1.54, 1.807) is 24.3 Å². The van der Waals surface area contributed by atoms with Gasteiger partial charge in [0.25, 0.3) is 0 Å². The number of carbonyl (C=O) groups is 1. The lowest BCUT2D eigenvalue weighted by atomic mass is 10.0. The first-order chi connectivity index (χ1) is 8.68. The molecule has 0 spiro atoms. The Morgan fingerprint density at radius 2 is 1.83 bits per heavy atom. The van der Waals surface area contributed by atoms with Gasteiger partial charge in [-0.05, 0) is 12.1 Å². The van der Waals surface area contributed by atoms with Crippen LogP contribution < -0.4 is 0 Å². The first-order valence-corrected chi connectivity index (χ1v) is 5.44. The molecule has 1 atom stereocenters. The van der Waals surface area contributed by atoms with Crippen LogP contribution in [0.1, 0.15) is 28.7 Å². The summed E-state index contributed by atoms with van der Waals surface area (Å²) in [5.41, 5.74) is 0.321. The summed E-state index contributed by atoms with van der Waals surface area (Å²) < 4.78 is 0. The second-order valence-electron chi connectivity index (χ2n) is 3.77. The highest BCUT2D eigenvalue weighted by Crippen LogP contribution is 2.26. The number of rotatable bonds is 4. The van der Waals surface area contributed by atoms with E-state index in [9.17, 15) is 15.0 Å². The minimum Gasteiger partial charge on any atom is -0.508 e. The fraction of sp³-hybridized carbons (Fsp3) is 0.154. The zero-order chi connectivity index (χ0) is 13.0. The maximum atomic E-state index is 11.8. The molecule has 0 aliphatic rings. The van der Waals surface area contributed by atoms with Crippen molar-refractivity contribution in [2.45, 2.75) is 12.5 Å². The van der Waals surface area contributed by atoms with E-state index in [0.717, 1.165) is 0 Å². The zero-order valence-corrected chi connectivity index (χ0v) is 9.52. The van der Waals surface area contributed by atoms with Crippen molar-refractivity contribution < 1.29 is 15.0 Å². The Bertz CT molecular complexity index is 543. The molecular formula is C13H12N2O3. The Balaban J connectivity index is 2.11. The van der Waals surface area contributed by atoms with E-state index in [2.05, 4.69) is 9.97 Å². The highest BCUT2D eigenvalue weighted by atomic mass is 16.3. The molecule has 1 aromatic heterocycles. The number of Topliss-reactive ketones (excluding diaryl/α,β-unsaturated/α-hetero) is 1. The normalized spacial score (nSPS) is 12.1. The molecule has 1 aromatic carbocycles. The molecule has 0 aliphatic heterocycles. The van der Waals surface area contributed by atoms with E-state index in [0.29, 0.717) is 5.56 Å². The maximum Gasteiger partial charge on any atom is 0.202 e. The molecule has 1 heterocycles. The van der Waals surface area contributed by atoms with Crippen LogP contribution in [0.15, 0.2) is 42.7 Å². The van der Waals surface area contributed by atoms with Gasteiger partial charge in [-0.3, -0.25) is 4.79 Å². The van der Waals surface area contributed by atoms with Gasteiger partial charge >= 0.3 is 0 Å². The lowest BCUT2D eigenvalue weighted by molar-refractivity contribution is 0.0867. The predicted octanol–water partition coefficient (Wildman–Crippen LogP) is 1.49. The molecule has 0 saturated carbocycles. The number of aliphatic hydroxyl groups is 1. The van der Waals surface area contributed by atoms with Gasteiger partial charge in [0.1, 0.15) is 5.75 Å². The molecule has 0 aliphatic carbocycles. The third-order valence-corrected chi connectivity index (χ3v) is 2.49. The van der Waals surface area contributed by atoms with Crippen molar-refractivity contribution in [1.82, 2.24) is 9.97 Å². The maximum absolute atomic E-state index is 11.8. The largest absolute Gasteiger partial charge is 0.508 e. The molecule has 92 valence electrons. The van der Waals surface area contributed by atoms with Gasteiger partial charge in [-0.2, -0.15) is 0 Å². The van der Waals surface area contributed by atoms with Gasteiger partial charge in [0, 0.05) is 24.4 Å². The minimum absolute atomic E-state index is 0.0354. The van der Waals surface area contributed by atoms with Crippen LogP contribution in [0.5, 0.6) is 5.75 Å². The number of aromatic nitrogens is 2. The van der Waals surface area contributed by atoms with Gasteiger partial charge in [-0.1, -0.05) is 18.2 Å². The zero-order valence-electron chi connectivity index (χ0n) is 9.52. The fourth-order valence-electron chi connectivity index (χ4n) is 1.59. The molecule has 5 nitrogen and oxygen atoms in total. The Labute approximate surface area is 104 Å². The topological polar surface area (TPSA) is 83.3 Å². The summed E-state index contributed by atoms with van der Waals surface area (Å²) in [7, 11) is 0. The Morgan fingerprint density at radius 3 is 2.50 bits per heavy atom. The molecule has 5 heteroatoms. The third kappa shape index (κ3) is 2.70. The Kier molecular flexibility index (Phi) is 3.64. The average molecular weight is 244 g/mol. The molecule has 2 aromatic rings. The number of aliphatic hydroxyl groups excluding tert-OH is 1. The van der Waals surface area contributed by atoms with Gasteiger partial charge in [0.15, 0.2) is 5.82 Å². The molecule has 2 rings (SSSR count). The van der Waals surface area contributed by atoms with E-state index >= 15 is 0 Å². The van der Waals surface area contributed by atoms with E-state index in [4.69, 9.17) is 0 Å². The molecule has 0 fully saturated rings. The van der Waals surface area contributed by atoms with E-state index < -0.39 is 6.10 Å². The number of phenolic OH excluding ortho intramolecular Hbond substituents is 1. The number of carbonyl (C=O) groups excluding carboxylic acids is 1. The fourth-order valence-corrected chi connectivity index (χ4v) is 1.59. The number of aromatic hydroxyl groups is 1. The number of benzene rings is 1. The van der Waals surface area contributed by atoms with Gasteiger partial charge in [-0.25, -0.2) is 9.97 Å². The van der Waals surface area contributed by atoms with E-state index in [1.807, 2.05) is 0 Å². The van der Waals surface area contributed by atoms with Crippen molar-refractivity contribution in [3.63, 3.8) is 0 Å². The van der Waals surface area contributed by atoms with Gasteiger partial charge in [0.2, 0.25) is 5.78 Å². The minimum atomic E-state index is -1.07. The first kappa shape index (κ1) is 12.2. The van der Waals surface area contributed by atoms with Crippen molar-refractivity contribution in [2.24, 2.45) is 0 Å². The third-order valence-electron chi connectivity index (χ3n) is 2.49. The molecule has 0 radical (unpaired) electrons. The predicted molar refractivity (Wildman–Crippen MR) is 64.0 cm³/mol. The smallest absolute Gasteiger partial charge is 0.202 e. The van der Waals surface area contributed by atoms with E-state index in [1.165, 1.54) is 18.5 Å². The molecule has 18 heavy (non-hydrogen) atoms. The van der Waals surface area contributed by atoms with Crippen LogP contribution in [0.3, 0.4) is 0 Å². The first-order valence-electron chi connectivity index (χ1n) is 5.44. The van der Waals surface area contributed by atoms with Crippen molar-refractivity contribution >= 4 is 5.78 Å². The van der Waals surface area contributed by atoms with Crippen LogP contribution in [0.4, 0.5) is 0 Å². The highest BCUT2D eigenvalue weighted by Gasteiger charge is 2.18. The second kappa shape index (κ2) is 5.37. The van der Waals surface area contributed by atoms with Gasteiger partial charge in [0.05, 0.1) is 6.10 Å². The quantitative estimate of drug-likeness (QED) is 0.796. The van der Waals surface area contributed by atoms with Gasteiger partial charge < -0.3 is 10.2 Å². The Hall–Kier alpha value is -2.27. The monoisotopic (exact) mass is 244 g/mol. The van der Waals surface area contributed by atoms with Crippen LogP contribution in [-0.2, 0) is 0 Å². The number of hydrogen-bond donors (Lipinski definition) is 2. The number of nitrogens with zero attached hydrogens (tertiary/aromatic N) is 2. The summed E-state index contributed by atoms with van der Waals surface area (Å²) in [5, 5.41) is 19.5. The Morgan fingerprint density at radius 1 is 1.17 bits per heavy atom. The molecule has 0 amide bonds. The van der Waals surface area contributed by atoms with Crippen molar-refractivity contribution in [3.8, 4) is 5.75 Å². The summed E-state index contributed by atoms with van der Waals surface area (Å²) in [5.74, 6) is -0.342. The van der Waals surface area contributed by atoms with Crippen molar-refractivity contribution in [2.75, 3.05) is 0 Å². The number of phenols is 1. The highest BCUT2D eigenvalue weighted by molar-refractivity contribution is 5.92. The lowest BCUT2D eigenvalue weighted by Crippen LogP contribution is -2.10. The number of ketones is 1. The number of hydrogen-bond acceptors (Lipinski definition) is 5. The number of para-hydroxylation sites is 1. The molecule has 0 saturated heterocycles. The van der Waals surface area contributed by atoms with Crippen molar-refractivity contribution in [1.29, 1.82) is 0 Å². The summed E-state index contributed by atoms with van der Waals surface area (Å²) >= 11 is 0. The second-order valence-corrected chi connectivity index (χ2v) is 3.77. The van der Waals surface area contributed by atoms with Crippen LogP contribution >= 0.6 is 0 Å². The van der Waals surface area contributed by atoms with Crippen LogP contribution in [-0.4, -0.2) is 26.0 Å². The molecule has 2 N–H and O–H groups in total. The van der Waals surface area contributed by atoms with E-state index in [-0.39, 0.29) is 23.8 Å². The molecule has 0 bridgehead atoms. The molecular weight excluding hydrogens is 232 g/mol. The molecule has 1 unspecified atom stereocenters. The van der Waals surface area contributed by atoms with Crippen LogP contribution in [0.2, 0.25) is 0 Å². The summed E-state index contributed by atoms with van der Waals surface area (Å²) in [4.78, 5) is 19.4. The van der Waals surface area contributed by atoms with Crippen LogP contribution in [0, 0.1) is 0 Å². The summed E-state index contributed by atoms with van der Waals surface area (Å²) in [6.45, 7) is 0. The average Bonchev–Trinajstić information content (AvgIpc) is 2.40. The van der Waals surface area contributed by atoms with Gasteiger partial charge in [-0.15, -0.1) is 0 Å². The lowest BCUT2D eigenvalue weighted by Gasteiger charge is -2.10. The standard InChI is InChI=1S/C13H12N2O3/c16-10-5-2-1-4-9(10)11(17)8-12(18)13-14-6-3-7-15-13/h1-7,11,16-17H,8H2.